The lowest BCUT2D eigenvalue weighted by molar-refractivity contribution is 0.0937. The second kappa shape index (κ2) is 10.7. The third-order valence-electron chi connectivity index (χ3n) is 5.44. The van der Waals surface area contributed by atoms with Crippen molar-refractivity contribution in [2.24, 2.45) is 5.92 Å². The molecule has 4 rings (SSSR count). The largest absolute Gasteiger partial charge is 0.492 e. The number of methoxy groups -OCH3 is 1. The van der Waals surface area contributed by atoms with Crippen LogP contribution >= 0.6 is 0 Å². The Morgan fingerprint density at radius 2 is 2.00 bits per heavy atom. The standard InChI is InChI=1S/C26H26N4O3/c1-32-13-12-29-26(31)20-6-4-18(5-7-20)14-25-28-11-10-23(30-25)21-8-9-24(22(15-21)16-27)33-17-19-2-3-19/h4-11,15,19H,2-3,12-14,17H2,1H3,(H,29,31). The number of benzene rings is 2. The Bertz CT molecular complexity index is 1150. The van der Waals surface area contributed by atoms with E-state index in [1.807, 2.05) is 36.4 Å². The number of aromatic nitrogens is 2. The summed E-state index contributed by atoms with van der Waals surface area (Å²) >= 11 is 0. The van der Waals surface area contributed by atoms with E-state index in [4.69, 9.17) is 9.47 Å². The van der Waals surface area contributed by atoms with E-state index in [2.05, 4.69) is 21.4 Å². The molecule has 0 bridgehead atoms. The minimum Gasteiger partial charge on any atom is -0.492 e. The summed E-state index contributed by atoms with van der Waals surface area (Å²) in [5, 5.41) is 12.3. The second-order valence-corrected chi connectivity index (χ2v) is 8.06. The predicted molar refractivity (Wildman–Crippen MR) is 124 cm³/mol. The molecule has 0 spiro atoms. The molecule has 1 fully saturated rings. The maximum Gasteiger partial charge on any atom is 0.251 e. The maximum absolute atomic E-state index is 12.1. The van der Waals surface area contributed by atoms with Gasteiger partial charge in [-0.25, -0.2) is 9.97 Å². The molecule has 0 saturated heterocycles. The van der Waals surface area contributed by atoms with Crippen molar-refractivity contribution >= 4 is 5.91 Å². The molecule has 1 aliphatic carbocycles. The summed E-state index contributed by atoms with van der Waals surface area (Å²) in [5.74, 6) is 1.78. The first kappa shape index (κ1) is 22.4. The van der Waals surface area contributed by atoms with Gasteiger partial charge in [0, 0.05) is 37.4 Å². The molecular weight excluding hydrogens is 416 g/mol. The van der Waals surface area contributed by atoms with E-state index in [0.29, 0.717) is 54.8 Å². The smallest absolute Gasteiger partial charge is 0.251 e. The van der Waals surface area contributed by atoms with Gasteiger partial charge in [-0.15, -0.1) is 0 Å². The Morgan fingerprint density at radius 3 is 2.73 bits per heavy atom. The van der Waals surface area contributed by atoms with Crippen LogP contribution in [0.4, 0.5) is 0 Å². The summed E-state index contributed by atoms with van der Waals surface area (Å²) < 4.78 is 10.8. The van der Waals surface area contributed by atoms with Gasteiger partial charge in [0.2, 0.25) is 0 Å². The maximum atomic E-state index is 12.1. The molecule has 1 saturated carbocycles. The van der Waals surface area contributed by atoms with Crippen LogP contribution in [0.5, 0.6) is 5.75 Å². The molecule has 3 aromatic rings. The lowest BCUT2D eigenvalue weighted by Crippen LogP contribution is -2.26. The molecule has 0 atom stereocenters. The fraction of sp³-hybridized carbons (Fsp3) is 0.308. The lowest BCUT2D eigenvalue weighted by atomic mass is 10.1. The van der Waals surface area contributed by atoms with Gasteiger partial charge in [-0.3, -0.25) is 4.79 Å². The molecule has 1 heterocycles. The molecular formula is C26H26N4O3. The number of hydrogen-bond donors (Lipinski definition) is 1. The minimum absolute atomic E-state index is 0.130. The summed E-state index contributed by atoms with van der Waals surface area (Å²) in [6.07, 6.45) is 4.66. The molecule has 168 valence electrons. The topological polar surface area (TPSA) is 97.1 Å². The quantitative estimate of drug-likeness (QED) is 0.480. The van der Waals surface area contributed by atoms with E-state index in [1.54, 1.807) is 25.4 Å². The Kier molecular flexibility index (Phi) is 7.28. The monoisotopic (exact) mass is 442 g/mol. The van der Waals surface area contributed by atoms with Crippen molar-refractivity contribution in [2.45, 2.75) is 19.3 Å². The van der Waals surface area contributed by atoms with Crippen LogP contribution in [0, 0.1) is 17.2 Å². The van der Waals surface area contributed by atoms with Crippen LogP contribution in [0.25, 0.3) is 11.3 Å². The van der Waals surface area contributed by atoms with Gasteiger partial charge in [-0.05, 0) is 60.7 Å². The highest BCUT2D eigenvalue weighted by Crippen LogP contribution is 2.31. The fourth-order valence-electron chi connectivity index (χ4n) is 3.36. The van der Waals surface area contributed by atoms with Crippen molar-refractivity contribution in [2.75, 3.05) is 26.9 Å². The SMILES string of the molecule is COCCNC(=O)c1ccc(Cc2nccc(-c3ccc(OCC4CC4)c(C#N)c3)n2)cc1. The summed E-state index contributed by atoms with van der Waals surface area (Å²) in [5.41, 5.74) is 3.70. The van der Waals surface area contributed by atoms with E-state index < -0.39 is 0 Å². The molecule has 1 aromatic heterocycles. The number of nitrogens with zero attached hydrogens (tertiary/aromatic N) is 3. The van der Waals surface area contributed by atoms with Gasteiger partial charge in [0.15, 0.2) is 0 Å². The van der Waals surface area contributed by atoms with Crippen molar-refractivity contribution in [3.8, 4) is 23.1 Å². The Hall–Kier alpha value is -3.76. The summed E-state index contributed by atoms with van der Waals surface area (Å²) in [4.78, 5) is 21.2. The average molecular weight is 443 g/mol. The summed E-state index contributed by atoms with van der Waals surface area (Å²) in [6.45, 7) is 1.61. The first-order valence-corrected chi connectivity index (χ1v) is 11.0. The van der Waals surface area contributed by atoms with Gasteiger partial charge < -0.3 is 14.8 Å². The van der Waals surface area contributed by atoms with Gasteiger partial charge in [0.1, 0.15) is 17.6 Å². The number of carbonyl (C=O) groups excluding carboxylic acids is 1. The molecule has 7 nitrogen and oxygen atoms in total. The molecule has 1 N–H and O–H groups in total. The van der Waals surface area contributed by atoms with Crippen LogP contribution in [-0.4, -0.2) is 42.7 Å². The number of ether oxygens (including phenoxy) is 2. The third kappa shape index (κ3) is 6.15. The van der Waals surface area contributed by atoms with Crippen LogP contribution in [0.1, 0.15) is 40.2 Å². The number of nitrogens with one attached hydrogen (secondary N) is 1. The third-order valence-corrected chi connectivity index (χ3v) is 5.44. The fourth-order valence-corrected chi connectivity index (χ4v) is 3.36. The highest BCUT2D eigenvalue weighted by molar-refractivity contribution is 5.94. The molecule has 7 heteroatoms. The second-order valence-electron chi connectivity index (χ2n) is 8.06. The van der Waals surface area contributed by atoms with Gasteiger partial charge in [-0.2, -0.15) is 5.26 Å². The van der Waals surface area contributed by atoms with Crippen molar-refractivity contribution < 1.29 is 14.3 Å². The average Bonchev–Trinajstić information content (AvgIpc) is 3.68. The van der Waals surface area contributed by atoms with Gasteiger partial charge in [-0.1, -0.05) is 12.1 Å². The van der Waals surface area contributed by atoms with Crippen LogP contribution in [0.2, 0.25) is 0 Å². The van der Waals surface area contributed by atoms with Crippen molar-refractivity contribution in [1.82, 2.24) is 15.3 Å². The van der Waals surface area contributed by atoms with E-state index in [0.717, 1.165) is 16.8 Å². The van der Waals surface area contributed by atoms with Crippen molar-refractivity contribution in [3.05, 3.63) is 77.2 Å². The predicted octanol–water partition coefficient (Wildman–Crippen LogP) is 3.77. The number of rotatable bonds is 10. The highest BCUT2D eigenvalue weighted by atomic mass is 16.5. The van der Waals surface area contributed by atoms with Gasteiger partial charge in [0.25, 0.3) is 5.91 Å². The zero-order chi connectivity index (χ0) is 23.0. The molecule has 0 unspecified atom stereocenters. The zero-order valence-corrected chi connectivity index (χ0v) is 18.6. The number of hydrogen-bond acceptors (Lipinski definition) is 6. The van der Waals surface area contributed by atoms with E-state index in [1.165, 1.54) is 12.8 Å². The normalized spacial score (nSPS) is 12.7. The Morgan fingerprint density at radius 1 is 1.18 bits per heavy atom. The van der Waals surface area contributed by atoms with Crippen LogP contribution in [-0.2, 0) is 11.2 Å². The molecule has 1 aliphatic rings. The van der Waals surface area contributed by atoms with Crippen LogP contribution in [0.15, 0.2) is 54.7 Å². The summed E-state index contributed by atoms with van der Waals surface area (Å²) in [6, 6.07) is 17.0. The lowest BCUT2D eigenvalue weighted by Gasteiger charge is -2.10. The Labute approximate surface area is 193 Å². The van der Waals surface area contributed by atoms with Gasteiger partial charge >= 0.3 is 0 Å². The molecule has 0 aliphatic heterocycles. The van der Waals surface area contributed by atoms with Crippen molar-refractivity contribution in [1.29, 1.82) is 5.26 Å². The first-order valence-electron chi connectivity index (χ1n) is 11.0. The van der Waals surface area contributed by atoms with Crippen LogP contribution < -0.4 is 10.1 Å². The van der Waals surface area contributed by atoms with Crippen LogP contribution in [0.3, 0.4) is 0 Å². The Balaban J connectivity index is 1.43. The van der Waals surface area contributed by atoms with E-state index in [-0.39, 0.29) is 5.91 Å². The minimum atomic E-state index is -0.130. The molecule has 0 radical (unpaired) electrons. The number of nitriles is 1. The molecule has 2 aromatic carbocycles. The van der Waals surface area contributed by atoms with Crippen molar-refractivity contribution in [3.63, 3.8) is 0 Å². The molecule has 33 heavy (non-hydrogen) atoms. The summed E-state index contributed by atoms with van der Waals surface area (Å²) in [7, 11) is 1.60. The zero-order valence-electron chi connectivity index (χ0n) is 18.6. The highest BCUT2D eigenvalue weighted by Gasteiger charge is 2.22. The number of amides is 1. The van der Waals surface area contributed by atoms with E-state index in [9.17, 15) is 10.1 Å². The number of carbonyl (C=O) groups is 1. The van der Waals surface area contributed by atoms with Gasteiger partial charge in [0.05, 0.1) is 24.5 Å². The van der Waals surface area contributed by atoms with E-state index >= 15 is 0 Å². The molecule has 1 amide bonds. The first-order chi connectivity index (χ1) is 16.2.